The molecule has 122 valence electrons. The first-order valence-corrected chi connectivity index (χ1v) is 7.39. The van der Waals surface area contributed by atoms with Crippen LogP contribution in [-0.4, -0.2) is 19.9 Å². The Balaban J connectivity index is 1.79. The number of hydrogen-bond acceptors (Lipinski definition) is 5. The standard InChI is InChI=1S/C16H12ClF2N5/c1-9-4-11(2-3-20-9)14-12(18)5-10(6-21-14)7-22-16-13(19)15(17)23-8-24-16/h2-6,8H,7H2,1H3,(H,22,23,24). The minimum absolute atomic E-state index is 0.0516. The van der Waals surface area contributed by atoms with E-state index < -0.39 is 11.6 Å². The van der Waals surface area contributed by atoms with Gasteiger partial charge in [-0.05, 0) is 30.7 Å². The number of nitrogens with one attached hydrogen (secondary N) is 1. The molecule has 0 aromatic carbocycles. The normalized spacial score (nSPS) is 10.7. The fraction of sp³-hybridized carbons (Fsp3) is 0.125. The van der Waals surface area contributed by atoms with Crippen LogP contribution in [0, 0.1) is 18.6 Å². The van der Waals surface area contributed by atoms with E-state index in [2.05, 4.69) is 25.3 Å². The second-order valence-electron chi connectivity index (χ2n) is 5.04. The first-order chi connectivity index (χ1) is 11.5. The van der Waals surface area contributed by atoms with Crippen molar-refractivity contribution >= 4 is 17.4 Å². The summed E-state index contributed by atoms with van der Waals surface area (Å²) in [7, 11) is 0. The van der Waals surface area contributed by atoms with E-state index in [4.69, 9.17) is 11.6 Å². The molecule has 0 bridgehead atoms. The molecule has 0 aliphatic heterocycles. The highest BCUT2D eigenvalue weighted by Gasteiger charge is 2.11. The van der Waals surface area contributed by atoms with Gasteiger partial charge in [0.25, 0.3) is 0 Å². The molecular formula is C16H12ClF2N5. The summed E-state index contributed by atoms with van der Waals surface area (Å²) in [4.78, 5) is 15.5. The molecule has 0 radical (unpaired) electrons. The highest BCUT2D eigenvalue weighted by atomic mass is 35.5. The summed E-state index contributed by atoms with van der Waals surface area (Å²) in [5.74, 6) is -1.28. The Morgan fingerprint density at radius 3 is 2.71 bits per heavy atom. The molecular weight excluding hydrogens is 336 g/mol. The van der Waals surface area contributed by atoms with Gasteiger partial charge in [0.1, 0.15) is 17.8 Å². The first-order valence-electron chi connectivity index (χ1n) is 7.02. The van der Waals surface area contributed by atoms with Crippen molar-refractivity contribution in [2.24, 2.45) is 0 Å². The van der Waals surface area contributed by atoms with E-state index in [0.717, 1.165) is 12.0 Å². The third-order valence-electron chi connectivity index (χ3n) is 3.27. The molecule has 5 nitrogen and oxygen atoms in total. The van der Waals surface area contributed by atoms with E-state index in [0.29, 0.717) is 11.1 Å². The average molecular weight is 348 g/mol. The van der Waals surface area contributed by atoms with E-state index in [1.54, 1.807) is 18.3 Å². The molecule has 3 heterocycles. The Morgan fingerprint density at radius 2 is 1.96 bits per heavy atom. The van der Waals surface area contributed by atoms with E-state index in [1.165, 1.54) is 12.3 Å². The lowest BCUT2D eigenvalue weighted by atomic mass is 10.1. The van der Waals surface area contributed by atoms with Crippen LogP contribution >= 0.6 is 11.6 Å². The second-order valence-corrected chi connectivity index (χ2v) is 5.40. The Hall–Kier alpha value is -2.67. The molecule has 3 rings (SSSR count). The van der Waals surface area contributed by atoms with Gasteiger partial charge in [0.15, 0.2) is 11.0 Å². The molecule has 0 fully saturated rings. The average Bonchev–Trinajstić information content (AvgIpc) is 2.56. The van der Waals surface area contributed by atoms with Crippen molar-refractivity contribution in [3.63, 3.8) is 0 Å². The summed E-state index contributed by atoms with van der Waals surface area (Å²) in [5, 5.41) is 2.46. The van der Waals surface area contributed by atoms with E-state index >= 15 is 0 Å². The zero-order valence-corrected chi connectivity index (χ0v) is 13.3. The number of nitrogens with zero attached hydrogens (tertiary/aromatic N) is 4. The molecule has 0 spiro atoms. The van der Waals surface area contributed by atoms with Gasteiger partial charge in [-0.25, -0.2) is 14.4 Å². The van der Waals surface area contributed by atoms with Crippen molar-refractivity contribution in [3.8, 4) is 11.3 Å². The van der Waals surface area contributed by atoms with Crippen LogP contribution in [0.5, 0.6) is 0 Å². The highest BCUT2D eigenvalue weighted by Crippen LogP contribution is 2.22. The van der Waals surface area contributed by atoms with Crippen molar-refractivity contribution < 1.29 is 8.78 Å². The summed E-state index contributed by atoms with van der Waals surface area (Å²) in [6, 6.07) is 4.78. The number of anilines is 1. The van der Waals surface area contributed by atoms with Crippen LogP contribution in [0.25, 0.3) is 11.3 Å². The van der Waals surface area contributed by atoms with Crippen LogP contribution in [0.3, 0.4) is 0 Å². The molecule has 0 saturated heterocycles. The number of halogens is 3. The van der Waals surface area contributed by atoms with E-state index in [-0.39, 0.29) is 23.2 Å². The van der Waals surface area contributed by atoms with Crippen molar-refractivity contribution in [1.82, 2.24) is 19.9 Å². The molecule has 8 heteroatoms. The zero-order valence-electron chi connectivity index (χ0n) is 12.6. The molecule has 24 heavy (non-hydrogen) atoms. The van der Waals surface area contributed by atoms with Crippen molar-refractivity contribution in [1.29, 1.82) is 0 Å². The van der Waals surface area contributed by atoms with Gasteiger partial charge >= 0.3 is 0 Å². The summed E-state index contributed by atoms with van der Waals surface area (Å²) in [6.07, 6.45) is 4.26. The molecule has 0 unspecified atom stereocenters. The Bertz CT molecular complexity index is 888. The quantitative estimate of drug-likeness (QED) is 0.727. The molecule has 0 amide bonds. The zero-order chi connectivity index (χ0) is 17.1. The largest absolute Gasteiger partial charge is 0.363 e. The summed E-state index contributed by atoms with van der Waals surface area (Å²) in [6.45, 7) is 1.96. The summed E-state index contributed by atoms with van der Waals surface area (Å²) >= 11 is 5.58. The maximum Gasteiger partial charge on any atom is 0.202 e. The lowest BCUT2D eigenvalue weighted by Crippen LogP contribution is -2.06. The van der Waals surface area contributed by atoms with Crippen LogP contribution in [0.2, 0.25) is 5.15 Å². The number of aromatic nitrogens is 4. The van der Waals surface area contributed by atoms with Crippen LogP contribution in [0.1, 0.15) is 11.3 Å². The number of pyridine rings is 2. The summed E-state index contributed by atoms with van der Waals surface area (Å²) < 4.78 is 28.0. The van der Waals surface area contributed by atoms with Crippen LogP contribution < -0.4 is 5.32 Å². The molecule has 0 aliphatic rings. The van der Waals surface area contributed by atoms with Crippen LogP contribution in [-0.2, 0) is 6.54 Å². The van der Waals surface area contributed by atoms with Gasteiger partial charge in [0.05, 0.1) is 0 Å². The van der Waals surface area contributed by atoms with Gasteiger partial charge in [-0.3, -0.25) is 9.97 Å². The van der Waals surface area contributed by atoms with Gasteiger partial charge in [0.2, 0.25) is 5.82 Å². The molecule has 0 saturated carbocycles. The Morgan fingerprint density at radius 1 is 1.12 bits per heavy atom. The number of aryl methyl sites for hydroxylation is 1. The van der Waals surface area contributed by atoms with E-state index in [9.17, 15) is 8.78 Å². The number of hydrogen-bond donors (Lipinski definition) is 1. The topological polar surface area (TPSA) is 63.6 Å². The van der Waals surface area contributed by atoms with Gasteiger partial charge in [0, 0.05) is 30.2 Å². The summed E-state index contributed by atoms with van der Waals surface area (Å²) in [5.41, 5.74) is 2.19. The SMILES string of the molecule is Cc1cc(-c2ncc(CNc3ncnc(Cl)c3F)cc2F)ccn1. The predicted octanol–water partition coefficient (Wildman–Crippen LogP) is 3.79. The predicted molar refractivity (Wildman–Crippen MR) is 86.5 cm³/mol. The maximum absolute atomic E-state index is 14.3. The fourth-order valence-electron chi connectivity index (χ4n) is 2.14. The van der Waals surface area contributed by atoms with Gasteiger partial charge in [-0.15, -0.1) is 0 Å². The van der Waals surface area contributed by atoms with Crippen molar-refractivity contribution in [3.05, 3.63) is 65.0 Å². The monoisotopic (exact) mass is 347 g/mol. The lowest BCUT2D eigenvalue weighted by molar-refractivity contribution is 0.616. The molecule has 1 N–H and O–H groups in total. The Labute approximate surface area is 141 Å². The van der Waals surface area contributed by atoms with Gasteiger partial charge < -0.3 is 5.32 Å². The van der Waals surface area contributed by atoms with Crippen molar-refractivity contribution in [2.45, 2.75) is 13.5 Å². The lowest BCUT2D eigenvalue weighted by Gasteiger charge is -2.08. The number of rotatable bonds is 4. The van der Waals surface area contributed by atoms with Gasteiger partial charge in [-0.2, -0.15) is 4.39 Å². The minimum atomic E-state index is -0.753. The molecule has 0 aliphatic carbocycles. The van der Waals surface area contributed by atoms with Gasteiger partial charge in [-0.1, -0.05) is 11.6 Å². The molecule has 3 aromatic heterocycles. The molecule has 0 atom stereocenters. The fourth-order valence-corrected chi connectivity index (χ4v) is 2.27. The Kier molecular flexibility index (Phi) is 4.61. The third-order valence-corrected chi connectivity index (χ3v) is 3.54. The first kappa shape index (κ1) is 16.2. The van der Waals surface area contributed by atoms with Crippen LogP contribution in [0.15, 0.2) is 36.9 Å². The smallest absolute Gasteiger partial charge is 0.202 e. The van der Waals surface area contributed by atoms with Crippen LogP contribution in [0.4, 0.5) is 14.6 Å². The highest BCUT2D eigenvalue weighted by molar-refractivity contribution is 6.29. The molecule has 3 aromatic rings. The maximum atomic E-state index is 14.3. The second kappa shape index (κ2) is 6.84. The third kappa shape index (κ3) is 3.46. The minimum Gasteiger partial charge on any atom is -0.363 e. The van der Waals surface area contributed by atoms with Crippen molar-refractivity contribution in [2.75, 3.05) is 5.32 Å². The van der Waals surface area contributed by atoms with E-state index in [1.807, 2.05) is 6.92 Å².